The fraction of sp³-hybridized carbons (Fsp3) is 0.667. The molecule has 3 fully saturated rings. The Morgan fingerprint density at radius 1 is 1.13 bits per heavy atom. The molecule has 210 valence electrons. The topological polar surface area (TPSA) is 71.0 Å². The number of aromatic nitrogens is 2. The fourth-order valence-electron chi connectivity index (χ4n) is 7.81. The molecule has 39 heavy (non-hydrogen) atoms. The first-order valence-electron chi connectivity index (χ1n) is 14.7. The van der Waals surface area contributed by atoms with Gasteiger partial charge in [-0.3, -0.25) is 4.90 Å². The van der Waals surface area contributed by atoms with Crippen LogP contribution in [0.3, 0.4) is 0 Å². The van der Waals surface area contributed by atoms with Gasteiger partial charge in [-0.05, 0) is 81.2 Å². The van der Waals surface area contributed by atoms with Crippen molar-refractivity contribution in [3.05, 3.63) is 45.1 Å². The number of anilines is 1. The standard InChI is InChI=1S/C30H38BrFN4O3/c31-21-7-6-20-4-1-10-30(25(20)14-21)16-26-24(18-39-30)27(35-11-2-5-23(37)8-13-35)34-28(33-26)38-19-29-9-3-12-36(29)17-22(32)15-29/h6-7,14,22-23,37H,1-5,8-13,15-19H2/t22?,23?,29-,30?/m0/s1. The first-order chi connectivity index (χ1) is 18.9. The Morgan fingerprint density at radius 3 is 2.97 bits per heavy atom. The molecule has 1 N–H and O–H groups in total. The predicted molar refractivity (Wildman–Crippen MR) is 150 cm³/mol. The lowest BCUT2D eigenvalue weighted by molar-refractivity contribution is -0.0856. The van der Waals surface area contributed by atoms with Crippen molar-refractivity contribution in [3.63, 3.8) is 0 Å². The van der Waals surface area contributed by atoms with Crippen molar-refractivity contribution < 1.29 is 19.0 Å². The third-order valence-electron chi connectivity index (χ3n) is 9.81. The van der Waals surface area contributed by atoms with E-state index in [1.165, 1.54) is 11.1 Å². The second kappa shape index (κ2) is 10.2. The number of aryl methyl sites for hydroxylation is 1. The Labute approximate surface area is 238 Å². The van der Waals surface area contributed by atoms with Crippen LogP contribution < -0.4 is 9.64 Å². The number of aliphatic hydroxyl groups excluding tert-OH is 1. The maximum absolute atomic E-state index is 14.4. The number of hydrogen-bond acceptors (Lipinski definition) is 7. The van der Waals surface area contributed by atoms with Crippen LogP contribution in [0.4, 0.5) is 10.2 Å². The number of ether oxygens (including phenoxy) is 2. The van der Waals surface area contributed by atoms with Crippen molar-refractivity contribution in [3.8, 4) is 6.01 Å². The van der Waals surface area contributed by atoms with Gasteiger partial charge in [0.2, 0.25) is 0 Å². The SMILES string of the molecule is OC1CCCN(c2nc(OC[C@@]34CCCN3CC(F)C4)nc3c2COC2(CCCc4ccc(Br)cc42)C3)CC1. The average Bonchev–Trinajstić information content (AvgIpc) is 3.35. The molecule has 7 rings (SSSR count). The largest absolute Gasteiger partial charge is 0.461 e. The second-order valence-corrected chi connectivity index (χ2v) is 13.2. The Bertz CT molecular complexity index is 1250. The summed E-state index contributed by atoms with van der Waals surface area (Å²) in [5.41, 5.74) is 3.99. The van der Waals surface area contributed by atoms with Crippen molar-refractivity contribution in [1.82, 2.24) is 14.9 Å². The second-order valence-electron chi connectivity index (χ2n) is 12.3. The van der Waals surface area contributed by atoms with Crippen LogP contribution in [0.15, 0.2) is 22.7 Å². The number of fused-ring (bicyclic) bond motifs is 4. The fourth-order valence-corrected chi connectivity index (χ4v) is 8.17. The van der Waals surface area contributed by atoms with Crippen LogP contribution in [-0.4, -0.2) is 70.6 Å². The third-order valence-corrected chi connectivity index (χ3v) is 10.3. The summed E-state index contributed by atoms with van der Waals surface area (Å²) >= 11 is 3.68. The van der Waals surface area contributed by atoms with Gasteiger partial charge in [-0.15, -0.1) is 0 Å². The summed E-state index contributed by atoms with van der Waals surface area (Å²) < 4.78 is 28.6. The van der Waals surface area contributed by atoms with Crippen molar-refractivity contribution in [2.75, 3.05) is 37.7 Å². The molecule has 9 heteroatoms. The quantitative estimate of drug-likeness (QED) is 0.538. The summed E-state index contributed by atoms with van der Waals surface area (Å²) in [5, 5.41) is 10.3. The highest BCUT2D eigenvalue weighted by Crippen LogP contribution is 2.47. The van der Waals surface area contributed by atoms with E-state index in [0.717, 1.165) is 92.5 Å². The molecule has 4 aliphatic heterocycles. The minimum absolute atomic E-state index is 0.246. The molecule has 3 unspecified atom stereocenters. The van der Waals surface area contributed by atoms with Crippen molar-refractivity contribution in [2.45, 2.75) is 94.2 Å². The van der Waals surface area contributed by atoms with E-state index >= 15 is 0 Å². The highest BCUT2D eigenvalue weighted by atomic mass is 79.9. The number of hydrogen-bond donors (Lipinski definition) is 1. The molecule has 2 aromatic rings. The van der Waals surface area contributed by atoms with Gasteiger partial charge in [0.05, 0.1) is 29.5 Å². The highest BCUT2D eigenvalue weighted by Gasteiger charge is 2.49. The van der Waals surface area contributed by atoms with E-state index in [0.29, 0.717) is 38.6 Å². The lowest BCUT2D eigenvalue weighted by Gasteiger charge is -2.43. The molecule has 7 nitrogen and oxygen atoms in total. The number of nitrogens with zero attached hydrogens (tertiary/aromatic N) is 4. The number of benzene rings is 1. The Kier molecular flexibility index (Phi) is 6.85. The molecule has 5 aliphatic rings. The van der Waals surface area contributed by atoms with Crippen molar-refractivity contribution in [2.24, 2.45) is 0 Å². The summed E-state index contributed by atoms with van der Waals surface area (Å²) in [7, 11) is 0. The molecule has 1 aliphatic carbocycles. The summed E-state index contributed by atoms with van der Waals surface area (Å²) in [6.45, 7) is 3.89. The van der Waals surface area contributed by atoms with Gasteiger partial charge in [-0.2, -0.15) is 9.97 Å². The molecule has 4 atom stereocenters. The van der Waals surface area contributed by atoms with Crippen LogP contribution in [0.2, 0.25) is 0 Å². The zero-order valence-electron chi connectivity index (χ0n) is 22.5. The minimum atomic E-state index is -0.792. The Hall–Kier alpha value is -1.81. The monoisotopic (exact) mass is 600 g/mol. The van der Waals surface area contributed by atoms with Crippen LogP contribution in [0, 0.1) is 0 Å². The van der Waals surface area contributed by atoms with Crippen molar-refractivity contribution in [1.29, 1.82) is 0 Å². The van der Waals surface area contributed by atoms with Gasteiger partial charge in [0.25, 0.3) is 0 Å². The Morgan fingerprint density at radius 2 is 2.05 bits per heavy atom. The maximum Gasteiger partial charge on any atom is 0.318 e. The van der Waals surface area contributed by atoms with E-state index in [9.17, 15) is 9.50 Å². The molecule has 1 aromatic heterocycles. The molecule has 1 spiro atoms. The van der Waals surface area contributed by atoms with Gasteiger partial charge in [0.15, 0.2) is 0 Å². The van der Waals surface area contributed by atoms with E-state index in [1.807, 2.05) is 0 Å². The summed E-state index contributed by atoms with van der Waals surface area (Å²) in [6, 6.07) is 6.94. The average molecular weight is 602 g/mol. The molecular formula is C30H38BrFN4O3. The van der Waals surface area contributed by atoms with E-state index in [2.05, 4.69) is 43.9 Å². The first kappa shape index (κ1) is 26.1. The van der Waals surface area contributed by atoms with Gasteiger partial charge < -0.3 is 19.5 Å². The summed E-state index contributed by atoms with van der Waals surface area (Å²) in [4.78, 5) is 14.6. The van der Waals surface area contributed by atoms with Gasteiger partial charge in [0.1, 0.15) is 18.6 Å². The summed E-state index contributed by atoms with van der Waals surface area (Å²) in [5.74, 6) is 0.875. The highest BCUT2D eigenvalue weighted by molar-refractivity contribution is 9.10. The van der Waals surface area contributed by atoms with E-state index in [4.69, 9.17) is 19.4 Å². The molecule has 0 amide bonds. The number of aliphatic hydroxyl groups is 1. The number of alkyl halides is 1. The van der Waals surface area contributed by atoms with Gasteiger partial charge in [-0.25, -0.2) is 4.39 Å². The van der Waals surface area contributed by atoms with E-state index < -0.39 is 11.8 Å². The van der Waals surface area contributed by atoms with Crippen LogP contribution in [0.1, 0.15) is 73.8 Å². The molecule has 0 bridgehead atoms. The third kappa shape index (κ3) is 4.77. The first-order valence-corrected chi connectivity index (χ1v) is 15.5. The number of halogens is 2. The zero-order valence-corrected chi connectivity index (χ0v) is 24.1. The lowest BCUT2D eigenvalue weighted by atomic mass is 9.75. The number of rotatable bonds is 4. The van der Waals surface area contributed by atoms with Gasteiger partial charge in [-0.1, -0.05) is 22.0 Å². The smallest absolute Gasteiger partial charge is 0.318 e. The summed E-state index contributed by atoms with van der Waals surface area (Å²) in [6.07, 6.45) is 7.72. The van der Waals surface area contributed by atoms with Crippen LogP contribution in [0.25, 0.3) is 0 Å². The molecule has 1 aromatic carbocycles. The van der Waals surface area contributed by atoms with E-state index in [-0.39, 0.29) is 11.6 Å². The molecule has 5 heterocycles. The molecule has 3 saturated heterocycles. The van der Waals surface area contributed by atoms with Gasteiger partial charge in [0, 0.05) is 42.5 Å². The lowest BCUT2D eigenvalue weighted by Crippen LogP contribution is -2.44. The van der Waals surface area contributed by atoms with Gasteiger partial charge >= 0.3 is 6.01 Å². The zero-order chi connectivity index (χ0) is 26.6. The Balaban J connectivity index is 1.24. The maximum atomic E-state index is 14.4. The van der Waals surface area contributed by atoms with Crippen LogP contribution >= 0.6 is 15.9 Å². The van der Waals surface area contributed by atoms with Crippen molar-refractivity contribution >= 4 is 21.7 Å². The minimum Gasteiger partial charge on any atom is -0.461 e. The predicted octanol–water partition coefficient (Wildman–Crippen LogP) is 4.85. The molecular weight excluding hydrogens is 563 g/mol. The molecule has 0 radical (unpaired) electrons. The van der Waals surface area contributed by atoms with Crippen LogP contribution in [0.5, 0.6) is 6.01 Å². The van der Waals surface area contributed by atoms with E-state index in [1.54, 1.807) is 0 Å². The molecule has 0 saturated carbocycles. The van der Waals surface area contributed by atoms with Crippen LogP contribution in [-0.2, 0) is 29.8 Å². The normalized spacial score (nSPS) is 32.5.